The molecule has 0 radical (unpaired) electrons. The summed E-state index contributed by atoms with van der Waals surface area (Å²) in [5.74, 6) is -0.830. The number of carbonyl (C=O) groups excluding carboxylic acids is 1. The van der Waals surface area contributed by atoms with Crippen molar-refractivity contribution in [1.82, 2.24) is 9.88 Å². The molecule has 0 bridgehead atoms. The van der Waals surface area contributed by atoms with E-state index >= 15 is 4.39 Å². The first-order chi connectivity index (χ1) is 15.8. The monoisotopic (exact) mass is 452 g/mol. The Morgan fingerprint density at radius 2 is 2.21 bits per heavy atom. The molecule has 1 unspecified atom stereocenters. The van der Waals surface area contributed by atoms with Crippen molar-refractivity contribution in [3.8, 4) is 5.75 Å². The third-order valence-corrected chi connectivity index (χ3v) is 6.44. The number of halogens is 1. The number of aliphatic hydroxyl groups is 1. The minimum Gasteiger partial charge on any atom is -0.469 e. The summed E-state index contributed by atoms with van der Waals surface area (Å²) in [7, 11) is 1.67. The number of aromatic nitrogens is 1. The Labute approximate surface area is 192 Å². The molecule has 3 N–H and O–H groups in total. The number of amides is 1. The average molecular weight is 453 g/mol. The number of ether oxygens (including phenoxy) is 1. The number of carbonyl (C=O) groups is 1. The molecule has 7 nitrogen and oxygen atoms in total. The van der Waals surface area contributed by atoms with Crippen LogP contribution in [0, 0.1) is 12.7 Å². The predicted octanol–water partition coefficient (Wildman–Crippen LogP) is 3.22. The van der Waals surface area contributed by atoms with E-state index in [0.717, 1.165) is 17.6 Å². The summed E-state index contributed by atoms with van der Waals surface area (Å²) in [6, 6.07) is 5.17. The number of nitrogens with two attached hydrogens (primary N) is 1. The maximum Gasteiger partial charge on any atom is 0.260 e. The van der Waals surface area contributed by atoms with Gasteiger partial charge in [0.2, 0.25) is 0 Å². The highest BCUT2D eigenvalue weighted by molar-refractivity contribution is 6.09. The topological polar surface area (TPSA) is 101 Å². The van der Waals surface area contributed by atoms with Crippen molar-refractivity contribution in [2.24, 2.45) is 10.7 Å². The van der Waals surface area contributed by atoms with Gasteiger partial charge in [0.15, 0.2) is 18.3 Å². The molecule has 2 aliphatic rings. The second kappa shape index (κ2) is 9.31. The Morgan fingerprint density at radius 3 is 2.82 bits per heavy atom. The molecular formula is C25H29FN4O3. The number of hydrogen-bond donors (Lipinski definition) is 2. The fourth-order valence-electron chi connectivity index (χ4n) is 4.55. The van der Waals surface area contributed by atoms with Crippen LogP contribution in [0.4, 0.5) is 4.39 Å². The van der Waals surface area contributed by atoms with Gasteiger partial charge in [-0.1, -0.05) is 6.07 Å². The molecule has 2 atom stereocenters. The lowest BCUT2D eigenvalue weighted by molar-refractivity contribution is 0.0115. The zero-order valence-corrected chi connectivity index (χ0v) is 19.1. The highest BCUT2D eigenvalue weighted by Gasteiger charge is 2.39. The van der Waals surface area contributed by atoms with E-state index in [9.17, 15) is 9.90 Å². The van der Waals surface area contributed by atoms with E-state index in [1.807, 2.05) is 12.1 Å². The molecule has 1 saturated carbocycles. The number of rotatable bonds is 5. The second-order valence-electron chi connectivity index (χ2n) is 8.68. The van der Waals surface area contributed by atoms with Crippen molar-refractivity contribution in [3.63, 3.8) is 0 Å². The summed E-state index contributed by atoms with van der Waals surface area (Å²) >= 11 is 0. The van der Waals surface area contributed by atoms with Crippen molar-refractivity contribution in [1.29, 1.82) is 0 Å². The number of hydrogen-bond acceptors (Lipinski definition) is 6. The minimum absolute atomic E-state index is 0.00878. The van der Waals surface area contributed by atoms with Crippen molar-refractivity contribution >= 4 is 17.7 Å². The third kappa shape index (κ3) is 4.35. The molecule has 0 spiro atoms. The van der Waals surface area contributed by atoms with Crippen LogP contribution in [0.15, 0.2) is 35.1 Å². The Bertz CT molecular complexity index is 1120. The van der Waals surface area contributed by atoms with Crippen LogP contribution < -0.4 is 10.5 Å². The van der Waals surface area contributed by atoms with Gasteiger partial charge >= 0.3 is 0 Å². The van der Waals surface area contributed by atoms with Gasteiger partial charge in [0.1, 0.15) is 0 Å². The van der Waals surface area contributed by atoms with Crippen molar-refractivity contribution in [2.45, 2.75) is 51.7 Å². The quantitative estimate of drug-likeness (QED) is 0.679. The largest absolute Gasteiger partial charge is 0.469 e. The molecule has 4 rings (SSSR count). The Morgan fingerprint density at radius 1 is 1.42 bits per heavy atom. The van der Waals surface area contributed by atoms with Crippen molar-refractivity contribution < 1.29 is 19.0 Å². The van der Waals surface area contributed by atoms with Gasteiger partial charge in [0, 0.05) is 30.7 Å². The molecule has 1 aliphatic carbocycles. The molecule has 1 aliphatic heterocycles. The van der Waals surface area contributed by atoms with E-state index in [1.165, 1.54) is 4.90 Å². The van der Waals surface area contributed by atoms with E-state index in [0.29, 0.717) is 41.8 Å². The summed E-state index contributed by atoms with van der Waals surface area (Å²) in [5, 5.41) is 10.2. The fraction of sp³-hybridized carbons (Fsp3) is 0.400. The van der Waals surface area contributed by atoms with Crippen LogP contribution in [0.25, 0.3) is 5.57 Å². The van der Waals surface area contributed by atoms with E-state index in [4.69, 9.17) is 10.5 Å². The van der Waals surface area contributed by atoms with Crippen LogP contribution in [0.5, 0.6) is 5.75 Å². The minimum atomic E-state index is -0.577. The van der Waals surface area contributed by atoms with Crippen LogP contribution in [0.2, 0.25) is 0 Å². The molecule has 2 heterocycles. The van der Waals surface area contributed by atoms with Gasteiger partial charge in [-0.15, -0.1) is 0 Å². The van der Waals surface area contributed by atoms with Gasteiger partial charge in [-0.3, -0.25) is 19.7 Å². The normalized spacial score (nSPS) is 21.2. The Kier molecular flexibility index (Phi) is 6.47. The summed E-state index contributed by atoms with van der Waals surface area (Å²) in [4.78, 5) is 23.2. The SMILES string of the molecule is CN=CC(=C(C)N)c1ccc(Cc2cc3c(c(F)c2C)OCN(C2CCC[C@@H]2O)C3=O)cn1. The zero-order valence-electron chi connectivity index (χ0n) is 19.1. The highest BCUT2D eigenvalue weighted by Crippen LogP contribution is 2.36. The van der Waals surface area contributed by atoms with Crippen LogP contribution >= 0.6 is 0 Å². The smallest absolute Gasteiger partial charge is 0.260 e. The van der Waals surface area contributed by atoms with Gasteiger partial charge in [-0.25, -0.2) is 4.39 Å². The lowest BCUT2D eigenvalue weighted by atomic mass is 9.96. The molecular weight excluding hydrogens is 423 g/mol. The lowest BCUT2D eigenvalue weighted by Crippen LogP contribution is -2.48. The zero-order chi connectivity index (χ0) is 23.7. The fourth-order valence-corrected chi connectivity index (χ4v) is 4.55. The van der Waals surface area contributed by atoms with Gasteiger partial charge in [0.25, 0.3) is 5.91 Å². The molecule has 1 aromatic heterocycles. The number of pyridine rings is 1. The van der Waals surface area contributed by atoms with E-state index in [-0.39, 0.29) is 30.0 Å². The number of fused-ring (bicyclic) bond motifs is 1. The molecule has 8 heteroatoms. The second-order valence-corrected chi connectivity index (χ2v) is 8.68. The first kappa shape index (κ1) is 22.9. The van der Waals surface area contributed by atoms with Gasteiger partial charge in [-0.05, 0) is 68.4 Å². The lowest BCUT2D eigenvalue weighted by Gasteiger charge is -2.35. The predicted molar refractivity (Wildman–Crippen MR) is 125 cm³/mol. The van der Waals surface area contributed by atoms with E-state index < -0.39 is 11.9 Å². The number of benzene rings is 1. The number of allylic oxidation sites excluding steroid dienone is 2. The van der Waals surface area contributed by atoms with Gasteiger partial charge < -0.3 is 15.6 Å². The van der Waals surface area contributed by atoms with Gasteiger partial charge in [0.05, 0.1) is 23.4 Å². The standard InChI is InChI=1S/C25H29FN4O3/c1-14-17(9-16-7-8-20(29-11-16)19(12-28-3)15(2)27)10-18-24(23(14)26)33-13-30(25(18)32)21-5-4-6-22(21)31/h7-8,10-12,21-22,31H,4-6,9,13,27H2,1-3H3/t21?,22-/m0/s1. The Hall–Kier alpha value is -3.26. The Balaban J connectivity index is 1.62. The molecule has 1 aromatic carbocycles. The van der Waals surface area contributed by atoms with Crippen LogP contribution in [-0.2, 0) is 6.42 Å². The van der Waals surface area contributed by atoms with Crippen molar-refractivity contribution in [2.75, 3.05) is 13.8 Å². The number of aliphatic imine (C=N–C) groups is 1. The van der Waals surface area contributed by atoms with Crippen LogP contribution in [0.3, 0.4) is 0 Å². The van der Waals surface area contributed by atoms with Crippen LogP contribution in [0.1, 0.15) is 58.9 Å². The van der Waals surface area contributed by atoms with Gasteiger partial charge in [-0.2, -0.15) is 0 Å². The number of nitrogens with zero attached hydrogens (tertiary/aromatic N) is 3. The molecule has 33 heavy (non-hydrogen) atoms. The highest BCUT2D eigenvalue weighted by atomic mass is 19.1. The summed E-state index contributed by atoms with van der Waals surface area (Å²) < 4.78 is 20.8. The maximum atomic E-state index is 15.1. The third-order valence-electron chi connectivity index (χ3n) is 6.44. The van der Waals surface area contributed by atoms with Crippen molar-refractivity contribution in [3.05, 3.63) is 63.9 Å². The molecule has 1 amide bonds. The maximum absolute atomic E-state index is 15.1. The molecule has 174 valence electrons. The first-order valence-corrected chi connectivity index (χ1v) is 11.1. The number of aliphatic hydroxyl groups excluding tert-OH is 1. The first-order valence-electron chi connectivity index (χ1n) is 11.1. The molecule has 2 aromatic rings. The average Bonchev–Trinajstić information content (AvgIpc) is 3.22. The van der Waals surface area contributed by atoms with Crippen LogP contribution in [-0.4, -0.2) is 53.0 Å². The van der Waals surface area contributed by atoms with E-state index in [2.05, 4.69) is 9.98 Å². The van der Waals surface area contributed by atoms with E-state index in [1.54, 1.807) is 39.4 Å². The summed E-state index contributed by atoms with van der Waals surface area (Å²) in [6.07, 6.45) is 5.44. The summed E-state index contributed by atoms with van der Waals surface area (Å²) in [5.41, 5.74) is 10.2. The summed E-state index contributed by atoms with van der Waals surface area (Å²) in [6.45, 7) is 3.43. The molecule has 1 fully saturated rings. The molecule has 0 saturated heterocycles.